The molecular formula is C17H20N2O. The first-order valence-corrected chi connectivity index (χ1v) is 6.75. The zero-order chi connectivity index (χ0) is 14.5. The summed E-state index contributed by atoms with van der Waals surface area (Å²) in [4.78, 5) is 11.3. The number of hydrogen-bond acceptors (Lipinski definition) is 2. The number of hydrogen-bond donors (Lipinski definition) is 2. The Bertz CT molecular complexity index is 563. The summed E-state index contributed by atoms with van der Waals surface area (Å²) in [6.07, 6.45) is 0. The van der Waals surface area contributed by atoms with Gasteiger partial charge >= 0.3 is 0 Å². The lowest BCUT2D eigenvalue weighted by atomic mass is 9.97. The van der Waals surface area contributed by atoms with Crippen LogP contribution in [-0.4, -0.2) is 11.9 Å². The molecule has 3 N–H and O–H groups in total. The van der Waals surface area contributed by atoms with Crippen LogP contribution >= 0.6 is 0 Å². The Morgan fingerprint density at radius 3 is 2.10 bits per heavy atom. The molecule has 1 amide bonds. The first-order valence-electron chi connectivity index (χ1n) is 6.75. The molecule has 2 rings (SSSR count). The molecule has 2 aromatic rings. The third kappa shape index (κ3) is 3.45. The average molecular weight is 268 g/mol. The molecule has 0 radical (unpaired) electrons. The Labute approximate surface area is 119 Å². The van der Waals surface area contributed by atoms with Gasteiger partial charge in [-0.25, -0.2) is 0 Å². The van der Waals surface area contributed by atoms with Crippen LogP contribution in [0.4, 0.5) is 0 Å². The van der Waals surface area contributed by atoms with Crippen LogP contribution in [0.3, 0.4) is 0 Å². The average Bonchev–Trinajstić information content (AvgIpc) is 2.46. The van der Waals surface area contributed by atoms with Gasteiger partial charge in [0.1, 0.15) is 0 Å². The lowest BCUT2D eigenvalue weighted by molar-refractivity contribution is -0.119. The fourth-order valence-electron chi connectivity index (χ4n) is 2.12. The minimum absolute atomic E-state index is 0.0423. The predicted octanol–water partition coefficient (Wildman–Crippen LogP) is 2.55. The van der Waals surface area contributed by atoms with E-state index in [1.807, 2.05) is 30.3 Å². The second kappa shape index (κ2) is 6.35. The van der Waals surface area contributed by atoms with Crippen LogP contribution in [0.25, 0.3) is 0 Å². The number of nitrogens with one attached hydrogen (secondary N) is 1. The second-order valence-corrected chi connectivity index (χ2v) is 5.05. The summed E-state index contributed by atoms with van der Waals surface area (Å²) in [5.41, 5.74) is 8.81. The van der Waals surface area contributed by atoms with Gasteiger partial charge in [-0.05, 0) is 25.0 Å². The van der Waals surface area contributed by atoms with E-state index in [-0.39, 0.29) is 18.0 Å². The molecule has 0 fully saturated rings. The molecule has 0 bridgehead atoms. The molecule has 0 heterocycles. The minimum atomic E-state index is -0.387. The van der Waals surface area contributed by atoms with Crippen LogP contribution in [-0.2, 0) is 4.79 Å². The maximum absolute atomic E-state index is 11.3. The quantitative estimate of drug-likeness (QED) is 0.875. The van der Waals surface area contributed by atoms with Crippen molar-refractivity contribution in [3.05, 3.63) is 71.3 Å². The van der Waals surface area contributed by atoms with Crippen molar-refractivity contribution in [2.24, 2.45) is 5.73 Å². The van der Waals surface area contributed by atoms with E-state index < -0.39 is 0 Å². The number of carbonyl (C=O) groups is 1. The van der Waals surface area contributed by atoms with Crippen LogP contribution in [0.1, 0.15) is 29.7 Å². The van der Waals surface area contributed by atoms with Crippen molar-refractivity contribution in [2.75, 3.05) is 0 Å². The summed E-state index contributed by atoms with van der Waals surface area (Å²) in [5, 5.41) is 3.29. The Hall–Kier alpha value is -2.13. The normalized spacial score (nSPS) is 13.7. The van der Waals surface area contributed by atoms with Crippen LogP contribution in [0.15, 0.2) is 54.6 Å². The van der Waals surface area contributed by atoms with Crippen molar-refractivity contribution < 1.29 is 4.79 Å². The molecule has 0 aliphatic heterocycles. The Morgan fingerprint density at radius 1 is 1.00 bits per heavy atom. The number of rotatable bonds is 5. The highest BCUT2D eigenvalue weighted by molar-refractivity contribution is 5.79. The van der Waals surface area contributed by atoms with Crippen molar-refractivity contribution in [1.29, 1.82) is 0 Å². The van der Waals surface area contributed by atoms with Crippen molar-refractivity contribution in [2.45, 2.75) is 25.9 Å². The van der Waals surface area contributed by atoms with Crippen molar-refractivity contribution >= 4 is 5.91 Å². The van der Waals surface area contributed by atoms with Crippen molar-refractivity contribution in [1.82, 2.24) is 5.32 Å². The molecule has 0 saturated carbocycles. The van der Waals surface area contributed by atoms with E-state index in [0.717, 1.165) is 11.1 Å². The Kier molecular flexibility index (Phi) is 4.53. The van der Waals surface area contributed by atoms with E-state index >= 15 is 0 Å². The summed E-state index contributed by atoms with van der Waals surface area (Å²) in [7, 11) is 0. The molecule has 2 aromatic carbocycles. The highest BCUT2D eigenvalue weighted by Gasteiger charge is 2.18. The summed E-state index contributed by atoms with van der Waals surface area (Å²) in [6.45, 7) is 3.84. The van der Waals surface area contributed by atoms with E-state index in [9.17, 15) is 4.79 Å². The van der Waals surface area contributed by atoms with Gasteiger partial charge in [0.25, 0.3) is 0 Å². The smallest absolute Gasteiger partial charge is 0.234 e. The first kappa shape index (κ1) is 14.3. The lowest BCUT2D eigenvalue weighted by Gasteiger charge is -2.23. The molecule has 0 aliphatic rings. The van der Waals surface area contributed by atoms with Crippen LogP contribution in [0.5, 0.6) is 0 Å². The molecule has 0 saturated heterocycles. The Morgan fingerprint density at radius 2 is 1.55 bits per heavy atom. The Balaban J connectivity index is 2.34. The van der Waals surface area contributed by atoms with Crippen LogP contribution < -0.4 is 11.1 Å². The highest BCUT2D eigenvalue weighted by Crippen LogP contribution is 2.22. The highest BCUT2D eigenvalue weighted by atomic mass is 16.1. The van der Waals surface area contributed by atoms with Gasteiger partial charge in [-0.15, -0.1) is 0 Å². The summed E-state index contributed by atoms with van der Waals surface area (Å²) < 4.78 is 0. The van der Waals surface area contributed by atoms with Gasteiger partial charge in [0.05, 0.1) is 12.1 Å². The monoisotopic (exact) mass is 268 g/mol. The standard InChI is InChI=1S/C17H20N2O/c1-12-8-10-15(11-9-12)16(19-13(2)17(18)20)14-6-4-3-5-7-14/h3-11,13,16,19H,1-2H3,(H2,18,20)/t13-,16+/m0/s1. The van der Waals surface area contributed by atoms with Crippen molar-refractivity contribution in [3.8, 4) is 0 Å². The second-order valence-electron chi connectivity index (χ2n) is 5.05. The zero-order valence-corrected chi connectivity index (χ0v) is 11.8. The number of carbonyl (C=O) groups excluding carboxylic acids is 1. The van der Waals surface area contributed by atoms with Gasteiger partial charge in [-0.3, -0.25) is 10.1 Å². The first-order chi connectivity index (χ1) is 9.58. The van der Waals surface area contributed by atoms with E-state index in [2.05, 4.69) is 36.5 Å². The van der Waals surface area contributed by atoms with E-state index in [1.54, 1.807) is 6.92 Å². The third-order valence-electron chi connectivity index (χ3n) is 3.39. The molecule has 3 heteroatoms. The lowest BCUT2D eigenvalue weighted by Crippen LogP contribution is -2.41. The van der Waals surface area contributed by atoms with Crippen molar-refractivity contribution in [3.63, 3.8) is 0 Å². The number of amides is 1. The van der Waals surface area contributed by atoms with Gasteiger partial charge in [-0.2, -0.15) is 0 Å². The van der Waals surface area contributed by atoms with Gasteiger partial charge in [0.2, 0.25) is 5.91 Å². The summed E-state index contributed by atoms with van der Waals surface area (Å²) in [5.74, 6) is -0.349. The van der Waals surface area contributed by atoms with Crippen LogP contribution in [0, 0.1) is 6.92 Å². The minimum Gasteiger partial charge on any atom is -0.368 e. The topological polar surface area (TPSA) is 55.1 Å². The van der Waals surface area contributed by atoms with Gasteiger partial charge in [-0.1, -0.05) is 60.2 Å². The largest absolute Gasteiger partial charge is 0.368 e. The third-order valence-corrected chi connectivity index (χ3v) is 3.39. The number of benzene rings is 2. The maximum Gasteiger partial charge on any atom is 0.234 e. The molecule has 20 heavy (non-hydrogen) atoms. The molecule has 0 unspecified atom stereocenters. The molecule has 3 nitrogen and oxygen atoms in total. The molecule has 0 spiro atoms. The number of nitrogens with two attached hydrogens (primary N) is 1. The molecular weight excluding hydrogens is 248 g/mol. The number of primary amides is 1. The van der Waals surface area contributed by atoms with Gasteiger partial charge in [0, 0.05) is 0 Å². The molecule has 2 atom stereocenters. The van der Waals surface area contributed by atoms with Gasteiger partial charge in [0.15, 0.2) is 0 Å². The maximum atomic E-state index is 11.3. The molecule has 0 aromatic heterocycles. The fourth-order valence-corrected chi connectivity index (χ4v) is 2.12. The fraction of sp³-hybridized carbons (Fsp3) is 0.235. The summed E-state index contributed by atoms with van der Waals surface area (Å²) in [6, 6.07) is 17.9. The van der Waals surface area contributed by atoms with Gasteiger partial charge < -0.3 is 5.73 Å². The molecule has 0 aliphatic carbocycles. The SMILES string of the molecule is Cc1ccc([C@H](N[C@@H](C)C(N)=O)c2ccccc2)cc1. The molecule has 104 valence electrons. The predicted molar refractivity (Wildman–Crippen MR) is 81.3 cm³/mol. The number of aryl methyl sites for hydroxylation is 1. The van der Waals surface area contributed by atoms with E-state index in [1.165, 1.54) is 5.56 Å². The van der Waals surface area contributed by atoms with E-state index in [0.29, 0.717) is 0 Å². The van der Waals surface area contributed by atoms with E-state index in [4.69, 9.17) is 5.73 Å². The van der Waals surface area contributed by atoms with Crippen LogP contribution in [0.2, 0.25) is 0 Å². The summed E-state index contributed by atoms with van der Waals surface area (Å²) >= 11 is 0. The zero-order valence-electron chi connectivity index (χ0n) is 11.8.